The minimum Gasteiger partial charge on any atom is -0.308 e. The second-order valence-electron chi connectivity index (χ2n) is 13.7. The van der Waals surface area contributed by atoms with Crippen molar-refractivity contribution in [2.24, 2.45) is 0 Å². The van der Waals surface area contributed by atoms with Gasteiger partial charge in [-0.15, -0.1) is 11.3 Å². The number of para-hydroxylation sites is 1. The Kier molecular flexibility index (Phi) is 8.09. The van der Waals surface area contributed by atoms with Crippen molar-refractivity contribution in [2.75, 3.05) is 4.90 Å². The van der Waals surface area contributed by atoms with Gasteiger partial charge in [0.15, 0.2) is 0 Å². The van der Waals surface area contributed by atoms with E-state index in [4.69, 9.17) is 0 Å². The largest absolute Gasteiger partial charge is 0.308 e. The fourth-order valence-electron chi connectivity index (χ4n) is 7.96. The Morgan fingerprint density at radius 2 is 0.870 bits per heavy atom. The van der Waals surface area contributed by atoms with Gasteiger partial charge in [-0.1, -0.05) is 176 Å². The summed E-state index contributed by atoms with van der Waals surface area (Å²) in [4.78, 5) is 2.48. The average molecular weight is 706 g/mol. The maximum Gasteiger partial charge on any atom is 0.0640 e. The lowest BCUT2D eigenvalue weighted by molar-refractivity contribution is 1.30. The van der Waals surface area contributed by atoms with E-state index in [-0.39, 0.29) is 0 Å². The molecule has 0 fully saturated rings. The van der Waals surface area contributed by atoms with Gasteiger partial charge >= 0.3 is 0 Å². The first-order valence-electron chi connectivity index (χ1n) is 18.4. The van der Waals surface area contributed by atoms with Crippen LogP contribution in [0.2, 0.25) is 0 Å². The van der Waals surface area contributed by atoms with E-state index in [2.05, 4.69) is 217 Å². The van der Waals surface area contributed by atoms with E-state index >= 15 is 0 Å². The third-order valence-electron chi connectivity index (χ3n) is 10.5. The lowest BCUT2D eigenvalue weighted by atomic mass is 9.93. The highest BCUT2D eigenvalue weighted by Crippen LogP contribution is 2.49. The molecule has 0 atom stereocenters. The molecular weight excluding hydrogens is 671 g/mol. The van der Waals surface area contributed by atoms with Crippen molar-refractivity contribution in [3.63, 3.8) is 0 Å². The molecule has 0 spiro atoms. The Hall–Kier alpha value is -6.74. The normalized spacial score (nSPS) is 11.3. The summed E-state index contributed by atoms with van der Waals surface area (Å²) in [7, 11) is 0. The molecule has 2 heteroatoms. The second kappa shape index (κ2) is 13.7. The lowest BCUT2D eigenvalue weighted by Crippen LogP contribution is -2.11. The Morgan fingerprint density at radius 1 is 0.315 bits per heavy atom. The van der Waals surface area contributed by atoms with Gasteiger partial charge in [-0.05, 0) is 86.1 Å². The zero-order chi connectivity index (χ0) is 35.8. The molecular formula is C52H35NS. The third-order valence-corrected chi connectivity index (χ3v) is 11.7. The van der Waals surface area contributed by atoms with Gasteiger partial charge in [-0.2, -0.15) is 0 Å². The molecule has 254 valence electrons. The quantitative estimate of drug-likeness (QED) is 0.160. The Bertz CT molecular complexity index is 2940. The zero-order valence-corrected chi connectivity index (χ0v) is 30.4. The van der Waals surface area contributed by atoms with E-state index in [1.807, 2.05) is 11.3 Å². The molecule has 10 rings (SSSR count). The van der Waals surface area contributed by atoms with Crippen molar-refractivity contribution in [2.45, 2.75) is 0 Å². The summed E-state index contributed by atoms with van der Waals surface area (Å²) >= 11 is 1.87. The van der Waals surface area contributed by atoms with E-state index in [0.29, 0.717) is 0 Å². The smallest absolute Gasteiger partial charge is 0.0640 e. The first kappa shape index (κ1) is 32.0. The Balaban J connectivity index is 1.22. The first-order chi connectivity index (χ1) is 26.8. The molecule has 0 unspecified atom stereocenters. The summed E-state index contributed by atoms with van der Waals surface area (Å²) < 4.78 is 2.56. The molecule has 0 saturated heterocycles. The summed E-state index contributed by atoms with van der Waals surface area (Å²) in [5, 5.41) is 5.07. The SMILES string of the molecule is c1ccc(-c2ccc(N(c3ccccc3-c3cccc(-c4cccc5ccccc45)c3)c3cccc4c3sc3ccccc34)cc2-c2ccccc2)cc1. The number of thiophene rings is 1. The van der Waals surface area contributed by atoms with E-state index in [1.165, 1.54) is 75.5 Å². The van der Waals surface area contributed by atoms with E-state index in [0.717, 1.165) is 17.1 Å². The number of anilines is 3. The van der Waals surface area contributed by atoms with Gasteiger partial charge < -0.3 is 4.90 Å². The maximum absolute atomic E-state index is 2.48. The molecule has 1 nitrogen and oxygen atoms in total. The zero-order valence-electron chi connectivity index (χ0n) is 29.6. The Labute approximate surface area is 319 Å². The van der Waals surface area contributed by atoms with Crippen LogP contribution in [-0.2, 0) is 0 Å². The average Bonchev–Trinajstić information content (AvgIpc) is 3.64. The highest BCUT2D eigenvalue weighted by Gasteiger charge is 2.22. The number of rotatable bonds is 7. The van der Waals surface area contributed by atoms with Gasteiger partial charge in [-0.25, -0.2) is 0 Å². The van der Waals surface area contributed by atoms with Gasteiger partial charge in [0.05, 0.1) is 16.1 Å². The topological polar surface area (TPSA) is 3.24 Å². The van der Waals surface area contributed by atoms with Crippen LogP contribution in [-0.4, -0.2) is 0 Å². The molecule has 0 amide bonds. The summed E-state index contributed by atoms with van der Waals surface area (Å²) in [6.45, 7) is 0. The molecule has 0 saturated carbocycles. The monoisotopic (exact) mass is 705 g/mol. The second-order valence-corrected chi connectivity index (χ2v) is 14.7. The van der Waals surface area contributed by atoms with Gasteiger partial charge in [0.1, 0.15) is 0 Å². The lowest BCUT2D eigenvalue weighted by Gasteiger charge is -2.29. The molecule has 10 aromatic rings. The van der Waals surface area contributed by atoms with E-state index in [1.54, 1.807) is 0 Å². The molecule has 9 aromatic carbocycles. The highest BCUT2D eigenvalue weighted by molar-refractivity contribution is 7.26. The van der Waals surface area contributed by atoms with Crippen molar-refractivity contribution in [1.29, 1.82) is 0 Å². The number of hydrogen-bond donors (Lipinski definition) is 0. The molecule has 0 bridgehead atoms. The minimum atomic E-state index is 1.11. The van der Waals surface area contributed by atoms with Crippen LogP contribution in [0.1, 0.15) is 0 Å². The summed E-state index contributed by atoms with van der Waals surface area (Å²) in [5.41, 5.74) is 13.0. The Morgan fingerprint density at radius 3 is 1.70 bits per heavy atom. The van der Waals surface area contributed by atoms with Gasteiger partial charge in [0.25, 0.3) is 0 Å². The van der Waals surface area contributed by atoms with Gasteiger partial charge in [-0.3, -0.25) is 0 Å². The molecule has 0 aliphatic rings. The first-order valence-corrected chi connectivity index (χ1v) is 19.2. The van der Waals surface area contributed by atoms with Crippen LogP contribution in [0.25, 0.3) is 75.5 Å². The van der Waals surface area contributed by atoms with Crippen molar-refractivity contribution in [3.05, 3.63) is 212 Å². The highest BCUT2D eigenvalue weighted by atomic mass is 32.1. The van der Waals surface area contributed by atoms with E-state index < -0.39 is 0 Å². The number of fused-ring (bicyclic) bond motifs is 4. The van der Waals surface area contributed by atoms with E-state index in [9.17, 15) is 0 Å². The molecule has 0 N–H and O–H groups in total. The molecule has 0 aliphatic heterocycles. The van der Waals surface area contributed by atoms with Crippen LogP contribution in [0.15, 0.2) is 212 Å². The molecule has 0 radical (unpaired) electrons. The number of benzene rings is 9. The standard InChI is InChI=1S/C52H35NS/c1-3-16-36(17-4-1)44-33-32-41(35-48(44)38-18-5-2-6-19-38)53(50-30-15-28-47-46-26-10-12-31-51(46)54-52(47)50)49-29-11-9-25-45(49)40-23-13-22-39(34-40)43-27-14-21-37-20-7-8-24-42(37)43/h1-35H. The maximum atomic E-state index is 2.48. The number of nitrogens with zero attached hydrogens (tertiary/aromatic N) is 1. The van der Waals surface area contributed by atoms with Crippen LogP contribution in [0, 0.1) is 0 Å². The predicted octanol–water partition coefficient (Wildman–Crippen LogP) is 15.3. The minimum absolute atomic E-state index is 1.11. The summed E-state index contributed by atoms with van der Waals surface area (Å²) in [5.74, 6) is 0. The van der Waals surface area contributed by atoms with Crippen molar-refractivity contribution in [3.8, 4) is 44.5 Å². The molecule has 0 aliphatic carbocycles. The van der Waals surface area contributed by atoms with Crippen LogP contribution in [0.3, 0.4) is 0 Å². The fraction of sp³-hybridized carbons (Fsp3) is 0. The fourth-order valence-corrected chi connectivity index (χ4v) is 9.16. The van der Waals surface area contributed by atoms with Gasteiger partial charge in [0, 0.05) is 26.7 Å². The molecule has 1 aromatic heterocycles. The van der Waals surface area contributed by atoms with Crippen LogP contribution in [0.5, 0.6) is 0 Å². The summed E-state index contributed by atoms with van der Waals surface area (Å²) in [6.07, 6.45) is 0. The predicted molar refractivity (Wildman–Crippen MR) is 233 cm³/mol. The van der Waals surface area contributed by atoms with Gasteiger partial charge in [0.2, 0.25) is 0 Å². The van der Waals surface area contributed by atoms with Crippen LogP contribution >= 0.6 is 11.3 Å². The van der Waals surface area contributed by atoms with Crippen LogP contribution in [0.4, 0.5) is 17.1 Å². The molecule has 54 heavy (non-hydrogen) atoms. The summed E-state index contributed by atoms with van der Waals surface area (Å²) in [6, 6.07) is 77.2. The van der Waals surface area contributed by atoms with Crippen LogP contribution < -0.4 is 4.90 Å². The molecule has 1 heterocycles. The number of hydrogen-bond acceptors (Lipinski definition) is 2. The van der Waals surface area contributed by atoms with Crippen molar-refractivity contribution < 1.29 is 0 Å². The third kappa shape index (κ3) is 5.65. The van der Waals surface area contributed by atoms with Crippen molar-refractivity contribution in [1.82, 2.24) is 0 Å². The van der Waals surface area contributed by atoms with Crippen molar-refractivity contribution >= 4 is 59.3 Å².